The molecule has 1 aromatic rings. The van der Waals surface area contributed by atoms with Crippen LogP contribution in [0.15, 0.2) is 60.5 Å². The van der Waals surface area contributed by atoms with Gasteiger partial charge in [0.1, 0.15) is 40.7 Å². The SMILES string of the molecule is C=C1CC(SCCC(=O)N(C)C(C)C(=O)OC2CC(=C)N(C)c3cc(cc(OC)c3Cl)C/C(C)=C/C=C/C(OC)C3(O)CC(OC(=O)N3)C(C)C3OC23C)C(=O)N1CC1CCC(C(=O)ON2C(=O)CCC2=O)CC1. The number of ether oxygens (including phenoxy) is 5. The molecule has 0 spiro atoms. The fraction of sp³-hybridized carbons (Fsp3) is 0.604. The number of methoxy groups -OCH3 is 2. The molecule has 4 bridgehead atoms. The van der Waals surface area contributed by atoms with Gasteiger partial charge in [0.25, 0.3) is 11.8 Å². The van der Waals surface area contributed by atoms with Crippen molar-refractivity contribution < 1.29 is 67.2 Å². The monoisotopic (exact) mass is 1070 g/mol. The minimum atomic E-state index is -1.84. The number of imide groups is 1. The zero-order valence-electron chi connectivity index (χ0n) is 43.5. The van der Waals surface area contributed by atoms with E-state index in [1.165, 1.54) is 37.9 Å². The third-order valence-corrected chi connectivity index (χ3v) is 17.1. The first-order chi connectivity index (χ1) is 35.0. The smallest absolute Gasteiger partial charge is 0.409 e. The second-order valence-electron chi connectivity index (χ2n) is 20.6. The van der Waals surface area contributed by atoms with Gasteiger partial charge in [0.15, 0.2) is 5.72 Å². The van der Waals surface area contributed by atoms with Crippen molar-refractivity contribution in [2.24, 2.45) is 17.8 Å². The molecule has 1 aromatic carbocycles. The van der Waals surface area contributed by atoms with Crippen LogP contribution in [0.2, 0.25) is 5.02 Å². The van der Waals surface area contributed by atoms with Gasteiger partial charge in [-0.25, -0.2) is 14.4 Å². The standard InChI is InChI=1S/C53H70ClN5O14S/c1-29-12-11-13-41(69-10)53(67)27-39(70-51(66)55-53)32(4)47-52(6,72-47)42(24-30(2)56(7)37-25-35(22-29)26-38(68-9)46(37)54)71-49(64)33(5)57(8)43(60)20-21-74-40-23-31(3)58(48(40)63)28-34-14-16-36(17-15-34)50(65)73-59-44(61)18-19-45(59)62/h11-13,25-26,32-34,36,39-42,47,67H,2-3,14-24,27-28H2,1,4-10H3,(H,55,66)/b13-11+,29-12+. The molecule has 21 heteroatoms. The van der Waals surface area contributed by atoms with E-state index in [1.54, 1.807) is 37.9 Å². The van der Waals surface area contributed by atoms with Gasteiger partial charge in [-0.05, 0) is 76.5 Å². The number of esters is 1. The molecule has 4 saturated heterocycles. The lowest BCUT2D eigenvalue weighted by Gasteiger charge is -2.42. The van der Waals surface area contributed by atoms with Gasteiger partial charge in [-0.2, -0.15) is 0 Å². The molecule has 404 valence electrons. The molecule has 2 N–H and O–H groups in total. The molecule has 74 heavy (non-hydrogen) atoms. The van der Waals surface area contributed by atoms with E-state index in [2.05, 4.69) is 18.5 Å². The van der Waals surface area contributed by atoms with E-state index in [4.69, 9.17) is 40.1 Å². The number of aliphatic hydroxyl groups is 1. The highest BCUT2D eigenvalue weighted by molar-refractivity contribution is 8.00. The zero-order valence-corrected chi connectivity index (χ0v) is 45.1. The van der Waals surface area contributed by atoms with Crippen molar-refractivity contribution in [1.29, 1.82) is 0 Å². The summed E-state index contributed by atoms with van der Waals surface area (Å²) in [7, 11) is 6.30. The topological polar surface area (TPSA) is 223 Å². The van der Waals surface area contributed by atoms with Crippen LogP contribution in [-0.2, 0) is 59.0 Å². The summed E-state index contributed by atoms with van der Waals surface area (Å²) in [5, 5.41) is 14.9. The average molecular weight is 1070 g/mol. The van der Waals surface area contributed by atoms with Crippen LogP contribution in [0.3, 0.4) is 0 Å². The number of fused-ring (bicyclic) bond motifs is 5. The summed E-state index contributed by atoms with van der Waals surface area (Å²) in [5.74, 6) is -2.83. The molecule has 9 unspecified atom stereocenters. The Morgan fingerprint density at radius 2 is 1.74 bits per heavy atom. The average Bonchev–Trinajstić information content (AvgIpc) is 3.87. The quantitative estimate of drug-likeness (QED) is 0.128. The Hall–Kier alpha value is -5.41. The molecule has 5 fully saturated rings. The number of hydrogen-bond acceptors (Lipinski definition) is 16. The Morgan fingerprint density at radius 3 is 2.41 bits per heavy atom. The Kier molecular flexibility index (Phi) is 17.7. The number of epoxide rings is 1. The van der Waals surface area contributed by atoms with Crippen molar-refractivity contribution >= 4 is 70.7 Å². The number of amides is 5. The number of alkyl carbamates (subject to hydrolysis) is 1. The summed E-state index contributed by atoms with van der Waals surface area (Å²) < 4.78 is 29.9. The summed E-state index contributed by atoms with van der Waals surface area (Å²) in [5.41, 5.74) is 0.664. The number of rotatable bonds is 13. The number of nitrogens with one attached hydrogen (secondary N) is 1. The summed E-state index contributed by atoms with van der Waals surface area (Å²) >= 11 is 8.29. The van der Waals surface area contributed by atoms with Crippen molar-refractivity contribution in [3.8, 4) is 5.75 Å². The minimum Gasteiger partial charge on any atom is -0.495 e. The predicted molar refractivity (Wildman–Crippen MR) is 274 cm³/mol. The fourth-order valence-electron chi connectivity index (χ4n) is 10.5. The number of hydrogen-bond donors (Lipinski definition) is 2. The largest absolute Gasteiger partial charge is 0.495 e. The number of hydroxylamine groups is 2. The van der Waals surface area contributed by atoms with Crippen LogP contribution >= 0.6 is 23.4 Å². The van der Waals surface area contributed by atoms with E-state index in [1.807, 2.05) is 37.0 Å². The van der Waals surface area contributed by atoms with Crippen LogP contribution in [0, 0.1) is 17.8 Å². The lowest BCUT2D eigenvalue weighted by Crippen LogP contribution is -2.63. The van der Waals surface area contributed by atoms with Crippen LogP contribution in [0.4, 0.5) is 10.5 Å². The van der Waals surface area contributed by atoms with E-state index in [9.17, 15) is 38.7 Å². The molecule has 1 aliphatic carbocycles. The maximum absolute atomic E-state index is 14.2. The van der Waals surface area contributed by atoms with E-state index >= 15 is 0 Å². The molecule has 19 nitrogen and oxygen atoms in total. The van der Waals surface area contributed by atoms with Crippen molar-refractivity contribution in [1.82, 2.24) is 20.2 Å². The van der Waals surface area contributed by atoms with E-state index in [0.29, 0.717) is 83.7 Å². The van der Waals surface area contributed by atoms with Crippen molar-refractivity contribution in [3.63, 3.8) is 0 Å². The van der Waals surface area contributed by atoms with Crippen LogP contribution in [0.25, 0.3) is 0 Å². The van der Waals surface area contributed by atoms with E-state index < -0.39 is 88.7 Å². The fourth-order valence-corrected chi connectivity index (χ4v) is 12.0. The molecule has 0 radical (unpaired) electrons. The van der Waals surface area contributed by atoms with Crippen LogP contribution in [0.5, 0.6) is 5.75 Å². The van der Waals surface area contributed by atoms with Crippen LogP contribution in [-0.4, -0.2) is 149 Å². The second kappa shape index (κ2) is 23.2. The first-order valence-corrected chi connectivity index (χ1v) is 26.6. The van der Waals surface area contributed by atoms with E-state index in [0.717, 1.165) is 11.1 Å². The van der Waals surface area contributed by atoms with Gasteiger partial charge in [-0.3, -0.25) is 24.5 Å². The lowest BCUT2D eigenvalue weighted by atomic mass is 9.82. The number of likely N-dealkylation sites (tertiary alicyclic amines) is 1. The maximum Gasteiger partial charge on any atom is 0.409 e. The summed E-state index contributed by atoms with van der Waals surface area (Å²) in [6, 6.07) is 2.75. The van der Waals surface area contributed by atoms with Crippen LogP contribution < -0.4 is 15.0 Å². The normalized spacial score (nSPS) is 32.2. The third-order valence-electron chi connectivity index (χ3n) is 15.5. The van der Waals surface area contributed by atoms with Crippen molar-refractivity contribution in [2.75, 3.05) is 45.5 Å². The van der Waals surface area contributed by atoms with Gasteiger partial charge in [0, 0.05) is 89.3 Å². The zero-order chi connectivity index (χ0) is 54.0. The van der Waals surface area contributed by atoms with Gasteiger partial charge < -0.3 is 48.3 Å². The van der Waals surface area contributed by atoms with Crippen molar-refractivity contribution in [3.05, 3.63) is 71.1 Å². The van der Waals surface area contributed by atoms with Crippen LogP contribution in [0.1, 0.15) is 97.5 Å². The molecule has 1 saturated carbocycles. The maximum atomic E-state index is 14.2. The lowest BCUT2D eigenvalue weighted by molar-refractivity contribution is -0.201. The number of anilines is 1. The van der Waals surface area contributed by atoms with Gasteiger partial charge >= 0.3 is 18.0 Å². The predicted octanol–water partition coefficient (Wildman–Crippen LogP) is 6.15. The first kappa shape index (κ1) is 56.3. The number of thioether (sulfide) groups is 1. The highest BCUT2D eigenvalue weighted by Gasteiger charge is 2.64. The van der Waals surface area contributed by atoms with Gasteiger partial charge in [-0.15, -0.1) is 16.8 Å². The summed E-state index contributed by atoms with van der Waals surface area (Å²) in [6.45, 7) is 16.2. The number of carbonyl (C=O) groups excluding carboxylic acids is 7. The second-order valence-corrected chi connectivity index (χ2v) is 22.3. The number of carbonyl (C=O) groups is 7. The molecule has 5 aliphatic heterocycles. The van der Waals surface area contributed by atoms with Gasteiger partial charge in [0.2, 0.25) is 11.8 Å². The molecule has 5 heterocycles. The molecule has 7 rings (SSSR count). The Bertz CT molecular complexity index is 2460. The van der Waals surface area contributed by atoms with Crippen molar-refractivity contribution in [2.45, 2.75) is 145 Å². The number of halogens is 1. The summed E-state index contributed by atoms with van der Waals surface area (Å²) in [6.07, 6.45) is 4.46. The third kappa shape index (κ3) is 12.3. The van der Waals surface area contributed by atoms with Gasteiger partial charge in [-0.1, -0.05) is 55.5 Å². The molecular weight excluding hydrogens is 998 g/mol. The molecule has 9 atom stereocenters. The number of likely N-dealkylation sites (N-methyl/N-ethyl adjacent to an activating group) is 1. The Morgan fingerprint density at radius 1 is 1.05 bits per heavy atom. The highest BCUT2D eigenvalue weighted by atomic mass is 35.5. The molecular formula is C53H70ClN5O14S. The molecule has 5 amide bonds. The molecule has 6 aliphatic rings. The number of allylic oxidation sites excluding steroid dienone is 4. The minimum absolute atomic E-state index is 0.0277. The number of nitrogens with zero attached hydrogens (tertiary/aromatic N) is 4. The highest BCUT2D eigenvalue weighted by Crippen LogP contribution is 2.50. The number of benzene rings is 1. The Balaban J connectivity index is 0.986. The Labute approximate surface area is 441 Å². The first-order valence-electron chi connectivity index (χ1n) is 25.2. The van der Waals surface area contributed by atoms with Gasteiger partial charge in [0.05, 0.1) is 30.1 Å². The molecule has 0 aromatic heterocycles. The van der Waals surface area contributed by atoms with E-state index in [-0.39, 0.29) is 49.8 Å². The summed E-state index contributed by atoms with van der Waals surface area (Å²) in [4.78, 5) is 101.